The Labute approximate surface area is 81.7 Å². The average molecular weight is 193 g/mol. The summed E-state index contributed by atoms with van der Waals surface area (Å²) in [5, 5.41) is 0. The summed E-state index contributed by atoms with van der Waals surface area (Å²) in [7, 11) is 0. The smallest absolute Gasteiger partial charge is 0.255 e. The molecule has 0 atom stereocenters. The predicted octanol–water partition coefficient (Wildman–Crippen LogP) is 0.753. The van der Waals surface area contributed by atoms with Crippen molar-refractivity contribution < 1.29 is 14.3 Å². The molecule has 2 N–H and O–H groups in total. The Bertz CT molecular complexity index is 360. The molecule has 14 heavy (non-hydrogen) atoms. The van der Waals surface area contributed by atoms with Crippen molar-refractivity contribution in [1.29, 1.82) is 0 Å². The maximum atomic E-state index is 11.1. The van der Waals surface area contributed by atoms with Crippen LogP contribution in [0.25, 0.3) is 0 Å². The van der Waals surface area contributed by atoms with E-state index < -0.39 is 5.91 Å². The van der Waals surface area contributed by atoms with Crippen molar-refractivity contribution in [3.8, 4) is 5.75 Å². The summed E-state index contributed by atoms with van der Waals surface area (Å²) in [6, 6.07) is 6.72. The zero-order valence-corrected chi connectivity index (χ0v) is 7.82. The second kappa shape index (κ2) is 4.41. The number of ketones is 1. The van der Waals surface area contributed by atoms with E-state index in [0.717, 1.165) is 0 Å². The fourth-order valence-electron chi connectivity index (χ4n) is 1.03. The van der Waals surface area contributed by atoms with Crippen LogP contribution in [-0.2, 0) is 4.79 Å². The second-order valence-corrected chi connectivity index (χ2v) is 2.81. The number of primary amides is 1. The van der Waals surface area contributed by atoms with Gasteiger partial charge in [-0.3, -0.25) is 9.59 Å². The van der Waals surface area contributed by atoms with Crippen LogP contribution in [0.2, 0.25) is 0 Å². The maximum absolute atomic E-state index is 11.1. The van der Waals surface area contributed by atoms with Crippen LogP contribution in [0, 0.1) is 0 Å². The number of nitrogens with two attached hydrogens (primary N) is 1. The molecular formula is C10H11NO3. The molecule has 0 aromatic heterocycles. The van der Waals surface area contributed by atoms with Gasteiger partial charge in [-0.05, 0) is 19.1 Å². The van der Waals surface area contributed by atoms with Crippen LogP contribution in [-0.4, -0.2) is 18.3 Å². The molecule has 0 fully saturated rings. The van der Waals surface area contributed by atoms with Crippen molar-refractivity contribution in [2.75, 3.05) is 6.61 Å². The van der Waals surface area contributed by atoms with Gasteiger partial charge < -0.3 is 10.5 Å². The van der Waals surface area contributed by atoms with Crippen LogP contribution in [0.15, 0.2) is 24.3 Å². The third-order valence-corrected chi connectivity index (χ3v) is 1.64. The van der Waals surface area contributed by atoms with E-state index in [-0.39, 0.29) is 12.4 Å². The van der Waals surface area contributed by atoms with Crippen LogP contribution in [0.1, 0.15) is 17.3 Å². The molecule has 0 saturated heterocycles. The first-order valence-electron chi connectivity index (χ1n) is 4.12. The number of hydrogen-bond donors (Lipinski definition) is 1. The van der Waals surface area contributed by atoms with Crippen LogP contribution in [0.3, 0.4) is 0 Å². The molecule has 1 aromatic rings. The minimum Gasteiger partial charge on any atom is -0.483 e. The lowest BCUT2D eigenvalue weighted by Crippen LogP contribution is -2.20. The molecule has 1 aromatic carbocycles. The van der Waals surface area contributed by atoms with Gasteiger partial charge in [0.15, 0.2) is 12.4 Å². The van der Waals surface area contributed by atoms with Gasteiger partial charge in [-0.2, -0.15) is 0 Å². The number of benzene rings is 1. The minimum atomic E-state index is -0.566. The molecule has 0 aliphatic heterocycles. The zero-order chi connectivity index (χ0) is 10.6. The van der Waals surface area contributed by atoms with Crippen molar-refractivity contribution in [2.24, 2.45) is 5.73 Å². The molecule has 0 radical (unpaired) electrons. The van der Waals surface area contributed by atoms with E-state index in [0.29, 0.717) is 11.3 Å². The quantitative estimate of drug-likeness (QED) is 0.717. The minimum absolute atomic E-state index is 0.106. The van der Waals surface area contributed by atoms with Gasteiger partial charge in [-0.25, -0.2) is 0 Å². The fraction of sp³-hybridized carbons (Fsp3) is 0.200. The highest BCUT2D eigenvalue weighted by molar-refractivity contribution is 5.96. The van der Waals surface area contributed by atoms with Crippen molar-refractivity contribution in [1.82, 2.24) is 0 Å². The lowest BCUT2D eigenvalue weighted by atomic mass is 10.1. The fourth-order valence-corrected chi connectivity index (χ4v) is 1.03. The lowest BCUT2D eigenvalue weighted by Gasteiger charge is -2.06. The third-order valence-electron chi connectivity index (χ3n) is 1.64. The van der Waals surface area contributed by atoms with E-state index >= 15 is 0 Å². The predicted molar refractivity (Wildman–Crippen MR) is 51.1 cm³/mol. The van der Waals surface area contributed by atoms with Crippen molar-refractivity contribution >= 4 is 11.7 Å². The maximum Gasteiger partial charge on any atom is 0.255 e. The Hall–Kier alpha value is -1.84. The molecule has 74 valence electrons. The van der Waals surface area contributed by atoms with Crippen LogP contribution >= 0.6 is 0 Å². The van der Waals surface area contributed by atoms with Gasteiger partial charge in [0, 0.05) is 0 Å². The van der Waals surface area contributed by atoms with Gasteiger partial charge in [-0.15, -0.1) is 0 Å². The van der Waals surface area contributed by atoms with Crippen molar-refractivity contribution in [3.05, 3.63) is 29.8 Å². The largest absolute Gasteiger partial charge is 0.483 e. The molecule has 1 amide bonds. The Balaban J connectivity index is 2.84. The van der Waals surface area contributed by atoms with E-state index in [1.807, 2.05) is 0 Å². The van der Waals surface area contributed by atoms with Crippen LogP contribution in [0.5, 0.6) is 5.75 Å². The highest BCUT2D eigenvalue weighted by Crippen LogP contribution is 2.17. The normalized spacial score (nSPS) is 9.50. The van der Waals surface area contributed by atoms with E-state index in [2.05, 4.69) is 0 Å². The van der Waals surface area contributed by atoms with Crippen molar-refractivity contribution in [3.63, 3.8) is 0 Å². The van der Waals surface area contributed by atoms with Crippen molar-refractivity contribution in [2.45, 2.75) is 6.92 Å². The Morgan fingerprint density at radius 2 is 2.00 bits per heavy atom. The third kappa shape index (κ3) is 2.58. The molecule has 0 unspecified atom stereocenters. The molecule has 0 saturated carbocycles. The zero-order valence-electron chi connectivity index (χ0n) is 7.82. The summed E-state index contributed by atoms with van der Waals surface area (Å²) >= 11 is 0. The lowest BCUT2D eigenvalue weighted by molar-refractivity contribution is -0.119. The molecule has 4 heteroatoms. The summed E-state index contributed by atoms with van der Waals surface area (Å²) in [5.41, 5.74) is 5.37. The summed E-state index contributed by atoms with van der Waals surface area (Å²) in [4.78, 5) is 21.6. The molecule has 0 bridgehead atoms. The molecular weight excluding hydrogens is 182 g/mol. The second-order valence-electron chi connectivity index (χ2n) is 2.81. The van der Waals surface area contributed by atoms with E-state index in [9.17, 15) is 9.59 Å². The van der Waals surface area contributed by atoms with E-state index in [4.69, 9.17) is 10.5 Å². The number of Topliss-reactive ketones (excluding diaryl/α,β-unsaturated/α-hetero) is 1. The first kappa shape index (κ1) is 10.2. The number of amides is 1. The Morgan fingerprint density at radius 3 is 2.57 bits per heavy atom. The standard InChI is InChI=1S/C10H11NO3/c1-7(12)8-4-2-3-5-9(8)14-6-10(11)13/h2-5H,6H2,1H3,(H2,11,13). The van der Waals surface area contributed by atoms with Crippen LogP contribution < -0.4 is 10.5 Å². The molecule has 0 spiro atoms. The van der Waals surface area contributed by atoms with E-state index in [1.54, 1.807) is 24.3 Å². The number of carbonyl (C=O) groups is 2. The SMILES string of the molecule is CC(=O)c1ccccc1OCC(N)=O. The highest BCUT2D eigenvalue weighted by Gasteiger charge is 2.07. The summed E-state index contributed by atoms with van der Waals surface area (Å²) in [6.07, 6.45) is 0. The van der Waals surface area contributed by atoms with Gasteiger partial charge in [0.05, 0.1) is 5.56 Å². The number of hydrogen-bond acceptors (Lipinski definition) is 3. The Kier molecular flexibility index (Phi) is 3.23. The average Bonchev–Trinajstić information content (AvgIpc) is 2.15. The topological polar surface area (TPSA) is 69.4 Å². The molecule has 0 aliphatic rings. The molecule has 4 nitrogen and oxygen atoms in total. The monoisotopic (exact) mass is 193 g/mol. The molecule has 0 aliphatic carbocycles. The van der Waals surface area contributed by atoms with Gasteiger partial charge in [0.2, 0.25) is 0 Å². The number of rotatable bonds is 4. The van der Waals surface area contributed by atoms with E-state index in [1.165, 1.54) is 6.92 Å². The van der Waals surface area contributed by atoms with Gasteiger partial charge in [-0.1, -0.05) is 12.1 Å². The first-order chi connectivity index (χ1) is 6.61. The number of ether oxygens (including phenoxy) is 1. The number of para-hydroxylation sites is 1. The summed E-state index contributed by atoms with van der Waals surface area (Å²) in [5.74, 6) is -0.285. The van der Waals surface area contributed by atoms with Gasteiger partial charge in [0.1, 0.15) is 5.75 Å². The first-order valence-corrected chi connectivity index (χ1v) is 4.12. The van der Waals surface area contributed by atoms with Gasteiger partial charge in [0.25, 0.3) is 5.91 Å². The van der Waals surface area contributed by atoms with Crippen LogP contribution in [0.4, 0.5) is 0 Å². The number of carbonyl (C=O) groups excluding carboxylic acids is 2. The summed E-state index contributed by atoms with van der Waals surface area (Å²) < 4.78 is 5.06. The van der Waals surface area contributed by atoms with Gasteiger partial charge >= 0.3 is 0 Å². The highest BCUT2D eigenvalue weighted by atomic mass is 16.5. The molecule has 1 rings (SSSR count). The molecule has 0 heterocycles. The Morgan fingerprint density at radius 1 is 1.36 bits per heavy atom. The summed E-state index contributed by atoms with van der Waals surface area (Å²) in [6.45, 7) is 1.22.